The smallest absolute Gasteiger partial charge is 0.336 e. The Balaban J connectivity index is 2.21. The van der Waals surface area contributed by atoms with Gasteiger partial charge in [0.05, 0.1) is 10.9 Å². The molecule has 0 fully saturated rings. The highest BCUT2D eigenvalue weighted by Gasteiger charge is 2.36. The number of halogens is 1. The molecule has 1 aromatic heterocycles. The molecule has 0 saturated heterocycles. The number of carbonyl (C=O) groups excluding carboxylic acids is 1. The Kier molecular flexibility index (Phi) is 3.48. The predicted molar refractivity (Wildman–Crippen MR) is 94.8 cm³/mol. The molecule has 2 aliphatic heterocycles. The highest BCUT2D eigenvalue weighted by atomic mass is 35.5. The second-order valence-electron chi connectivity index (χ2n) is 6.97. The highest BCUT2D eigenvalue weighted by Crippen LogP contribution is 2.48. The van der Waals surface area contributed by atoms with Crippen molar-refractivity contribution < 1.29 is 18.7 Å². The lowest BCUT2D eigenvalue weighted by Gasteiger charge is -2.33. The van der Waals surface area contributed by atoms with E-state index in [2.05, 4.69) is 0 Å². The molecule has 4 rings (SSSR count). The maximum absolute atomic E-state index is 12.7. The molecule has 3 heterocycles. The number of benzene rings is 1. The zero-order valence-corrected chi connectivity index (χ0v) is 14.9. The van der Waals surface area contributed by atoms with Gasteiger partial charge < -0.3 is 13.9 Å². The van der Waals surface area contributed by atoms with E-state index in [9.17, 15) is 9.59 Å². The Bertz CT molecular complexity index is 999. The number of alkyl halides is 1. The normalized spacial score (nSPS) is 20.6. The van der Waals surface area contributed by atoms with Crippen LogP contribution in [0, 0.1) is 0 Å². The van der Waals surface area contributed by atoms with E-state index < -0.39 is 11.2 Å². The van der Waals surface area contributed by atoms with Crippen molar-refractivity contribution in [3.8, 4) is 11.5 Å². The molecule has 0 radical (unpaired) electrons. The maximum Gasteiger partial charge on any atom is 0.336 e. The van der Waals surface area contributed by atoms with Gasteiger partial charge >= 0.3 is 5.63 Å². The van der Waals surface area contributed by atoms with E-state index in [0.717, 1.165) is 0 Å². The van der Waals surface area contributed by atoms with Gasteiger partial charge in [-0.2, -0.15) is 0 Å². The molecule has 1 atom stereocenters. The first kappa shape index (κ1) is 16.2. The molecule has 1 aromatic carbocycles. The van der Waals surface area contributed by atoms with Gasteiger partial charge in [0.25, 0.3) is 0 Å². The van der Waals surface area contributed by atoms with Crippen LogP contribution in [-0.4, -0.2) is 17.5 Å². The molecule has 0 spiro atoms. The van der Waals surface area contributed by atoms with E-state index in [-0.39, 0.29) is 29.8 Å². The first-order valence-electron chi connectivity index (χ1n) is 8.11. The Labute approximate surface area is 149 Å². The summed E-state index contributed by atoms with van der Waals surface area (Å²) in [7, 11) is 0. The summed E-state index contributed by atoms with van der Waals surface area (Å²) in [6, 6.07) is 1.34. The maximum atomic E-state index is 12.7. The molecule has 1 unspecified atom stereocenters. The first-order chi connectivity index (χ1) is 11.8. The van der Waals surface area contributed by atoms with E-state index >= 15 is 0 Å². The van der Waals surface area contributed by atoms with Crippen molar-refractivity contribution in [2.45, 2.75) is 44.8 Å². The van der Waals surface area contributed by atoms with E-state index in [4.69, 9.17) is 25.5 Å². The van der Waals surface area contributed by atoms with Crippen LogP contribution >= 0.6 is 11.6 Å². The average molecular weight is 361 g/mol. The van der Waals surface area contributed by atoms with Gasteiger partial charge in [-0.3, -0.25) is 4.79 Å². The third-order valence-corrected chi connectivity index (χ3v) is 4.73. The van der Waals surface area contributed by atoms with E-state index in [1.807, 2.05) is 32.9 Å². The van der Waals surface area contributed by atoms with Gasteiger partial charge in [0.1, 0.15) is 28.8 Å². The van der Waals surface area contributed by atoms with Gasteiger partial charge in [0.2, 0.25) is 0 Å². The summed E-state index contributed by atoms with van der Waals surface area (Å²) in [5.41, 5.74) is 0.649. The molecule has 6 heteroatoms. The summed E-state index contributed by atoms with van der Waals surface area (Å²) in [4.78, 5) is 24.7. The third-order valence-electron chi connectivity index (χ3n) is 4.44. The second kappa shape index (κ2) is 5.36. The van der Waals surface area contributed by atoms with Crippen LogP contribution in [0.3, 0.4) is 0 Å². The zero-order chi connectivity index (χ0) is 17.9. The van der Waals surface area contributed by atoms with Crippen molar-refractivity contribution in [2.24, 2.45) is 0 Å². The molecule has 25 heavy (non-hydrogen) atoms. The number of rotatable bonds is 1. The molecule has 0 N–H and O–H groups in total. The summed E-state index contributed by atoms with van der Waals surface area (Å²) in [5.74, 6) is 0.928. The predicted octanol–water partition coefficient (Wildman–Crippen LogP) is 4.07. The van der Waals surface area contributed by atoms with E-state index in [0.29, 0.717) is 33.6 Å². The Hall–Kier alpha value is -2.27. The fraction of sp³-hybridized carbons (Fsp3) is 0.368. The quantitative estimate of drug-likeness (QED) is 0.566. The van der Waals surface area contributed by atoms with Crippen molar-refractivity contribution in [3.05, 3.63) is 39.3 Å². The molecule has 0 aliphatic carbocycles. The van der Waals surface area contributed by atoms with Crippen molar-refractivity contribution in [3.63, 3.8) is 0 Å². The molecule has 130 valence electrons. The Morgan fingerprint density at radius 3 is 2.76 bits per heavy atom. The summed E-state index contributed by atoms with van der Waals surface area (Å²) >= 11 is 6.06. The minimum Gasteiger partial charge on any atom is -0.489 e. The number of hydrogen-bond donors (Lipinski definition) is 0. The van der Waals surface area contributed by atoms with Crippen molar-refractivity contribution in [1.82, 2.24) is 0 Å². The average Bonchev–Trinajstić information content (AvgIpc) is 2.52. The highest BCUT2D eigenvalue weighted by molar-refractivity contribution is 6.19. The summed E-state index contributed by atoms with van der Waals surface area (Å²) < 4.78 is 17.5. The summed E-state index contributed by atoms with van der Waals surface area (Å²) in [5, 5.41) is 0.562. The number of ether oxygens (including phenoxy) is 2. The fourth-order valence-electron chi connectivity index (χ4n) is 3.37. The Morgan fingerprint density at radius 2 is 2.04 bits per heavy atom. The van der Waals surface area contributed by atoms with Gasteiger partial charge in [-0.25, -0.2) is 4.79 Å². The molecular weight excluding hydrogens is 344 g/mol. The number of carbonyl (C=O) groups is 1. The van der Waals surface area contributed by atoms with Crippen molar-refractivity contribution in [1.29, 1.82) is 0 Å². The van der Waals surface area contributed by atoms with Crippen LogP contribution in [0.2, 0.25) is 0 Å². The van der Waals surface area contributed by atoms with Gasteiger partial charge in [-0.15, -0.1) is 11.6 Å². The zero-order valence-electron chi connectivity index (χ0n) is 14.1. The van der Waals surface area contributed by atoms with Gasteiger partial charge in [-0.05, 0) is 38.5 Å². The molecule has 0 amide bonds. The Morgan fingerprint density at radius 1 is 1.28 bits per heavy atom. The molecule has 2 aromatic rings. The van der Waals surface area contributed by atoms with Crippen LogP contribution in [0.15, 0.2) is 21.4 Å². The van der Waals surface area contributed by atoms with Crippen LogP contribution in [0.25, 0.3) is 17.0 Å². The lowest BCUT2D eigenvalue weighted by Crippen LogP contribution is -2.30. The minimum absolute atomic E-state index is 0.103. The van der Waals surface area contributed by atoms with Crippen molar-refractivity contribution in [2.75, 3.05) is 0 Å². The van der Waals surface area contributed by atoms with E-state index in [1.165, 1.54) is 6.07 Å². The number of ketones is 1. The van der Waals surface area contributed by atoms with Gasteiger partial charge in [0, 0.05) is 18.4 Å². The summed E-state index contributed by atoms with van der Waals surface area (Å²) in [6.07, 6.45) is 3.78. The van der Waals surface area contributed by atoms with Gasteiger partial charge in [-0.1, -0.05) is 0 Å². The number of hydrogen-bond acceptors (Lipinski definition) is 5. The lowest BCUT2D eigenvalue weighted by molar-refractivity contribution is 0.0869. The molecular formula is C19H17ClO5. The number of fused-ring (bicyclic) bond motifs is 6. The van der Waals surface area contributed by atoms with Crippen LogP contribution in [0.5, 0.6) is 11.5 Å². The standard InChI is InChI=1S/C19H17ClO5/c1-9-6-12(21)15-16(23-9)11-4-5-19(2,3)25-17(11)14-10(8-20)7-13(22)24-18(14)15/h4-5,7,9H,6,8H2,1-3H3. The minimum atomic E-state index is -0.553. The lowest BCUT2D eigenvalue weighted by atomic mass is 9.91. The first-order valence-corrected chi connectivity index (χ1v) is 8.65. The van der Waals surface area contributed by atoms with E-state index in [1.54, 1.807) is 0 Å². The SMILES string of the molecule is CC1CC(=O)c2c(c3c(c4c(CCl)cc(=O)oc24)OC(C)(C)C=C3)O1. The summed E-state index contributed by atoms with van der Waals surface area (Å²) in [6.45, 7) is 5.68. The number of Topliss-reactive ketones (excluding diaryl/α,β-unsaturated/α-hetero) is 1. The topological polar surface area (TPSA) is 65.7 Å². The van der Waals surface area contributed by atoms with Crippen LogP contribution in [-0.2, 0) is 5.88 Å². The van der Waals surface area contributed by atoms with Crippen LogP contribution < -0.4 is 15.1 Å². The van der Waals surface area contributed by atoms with Gasteiger partial charge in [0.15, 0.2) is 11.4 Å². The monoisotopic (exact) mass is 360 g/mol. The molecule has 2 aliphatic rings. The fourth-order valence-corrected chi connectivity index (χ4v) is 3.58. The molecule has 0 saturated carbocycles. The van der Waals surface area contributed by atoms with Crippen LogP contribution in [0.4, 0.5) is 0 Å². The third kappa shape index (κ3) is 2.45. The largest absolute Gasteiger partial charge is 0.489 e. The van der Waals surface area contributed by atoms with Crippen LogP contribution in [0.1, 0.15) is 48.7 Å². The molecule has 5 nitrogen and oxygen atoms in total. The molecule has 0 bridgehead atoms. The second-order valence-corrected chi connectivity index (χ2v) is 7.24. The van der Waals surface area contributed by atoms with Crippen molar-refractivity contribution >= 4 is 34.4 Å².